The quantitative estimate of drug-likeness (QED) is 0.876. The fourth-order valence-corrected chi connectivity index (χ4v) is 3.09. The molecule has 0 saturated carbocycles. The first-order valence-electron chi connectivity index (χ1n) is 8.61. The third-order valence-electron chi connectivity index (χ3n) is 4.78. The molecule has 0 radical (unpaired) electrons. The Bertz CT molecular complexity index is 779. The summed E-state index contributed by atoms with van der Waals surface area (Å²) < 4.78 is 0. The zero-order valence-corrected chi connectivity index (χ0v) is 14.9. The number of carbonyl (C=O) groups is 2. The molecule has 0 unspecified atom stereocenters. The zero-order valence-electron chi connectivity index (χ0n) is 14.9. The minimum atomic E-state index is -0.136. The number of aryl methyl sites for hydroxylation is 3. The van der Waals surface area contributed by atoms with E-state index in [9.17, 15) is 9.59 Å². The Kier molecular flexibility index (Phi) is 4.88. The number of benzene rings is 1. The first-order valence-corrected chi connectivity index (χ1v) is 8.61. The predicted molar refractivity (Wildman–Crippen MR) is 96.5 cm³/mol. The van der Waals surface area contributed by atoms with Gasteiger partial charge in [0.25, 0.3) is 0 Å². The summed E-state index contributed by atoms with van der Waals surface area (Å²) in [5, 5.41) is 10.1. The van der Waals surface area contributed by atoms with Crippen LogP contribution in [0, 0.1) is 20.8 Å². The third kappa shape index (κ3) is 3.90. The smallest absolute Gasteiger partial charge is 0.229 e. The average Bonchev–Trinajstić information content (AvgIpc) is 3.09. The highest BCUT2D eigenvalue weighted by atomic mass is 16.2. The number of amides is 2. The first kappa shape index (κ1) is 17.2. The summed E-state index contributed by atoms with van der Waals surface area (Å²) in [4.78, 5) is 26.2. The summed E-state index contributed by atoms with van der Waals surface area (Å²) in [5.74, 6) is 0.0107. The lowest BCUT2D eigenvalue weighted by molar-refractivity contribution is -0.121. The van der Waals surface area contributed by atoms with Crippen molar-refractivity contribution in [1.29, 1.82) is 0 Å². The standard InChI is InChI=1S/C19H24N4O2/c1-12-4-6-16(7-5-12)23-11-15(10-19(23)25)20-18(24)9-8-17-13(2)14(3)21-22-17/h4-7,15H,8-11H2,1-3H3,(H,20,24)(H,21,22)/t15-/m1/s1. The molecule has 1 saturated heterocycles. The van der Waals surface area contributed by atoms with E-state index in [1.54, 1.807) is 4.90 Å². The van der Waals surface area contributed by atoms with E-state index in [-0.39, 0.29) is 17.9 Å². The summed E-state index contributed by atoms with van der Waals surface area (Å²) >= 11 is 0. The lowest BCUT2D eigenvalue weighted by Crippen LogP contribution is -2.37. The topological polar surface area (TPSA) is 78.1 Å². The van der Waals surface area contributed by atoms with Gasteiger partial charge in [0.05, 0.1) is 11.7 Å². The van der Waals surface area contributed by atoms with Gasteiger partial charge in [0, 0.05) is 37.2 Å². The highest BCUT2D eigenvalue weighted by molar-refractivity contribution is 5.96. The number of nitrogens with one attached hydrogen (secondary N) is 2. The Morgan fingerprint density at radius 2 is 2.00 bits per heavy atom. The van der Waals surface area contributed by atoms with Crippen LogP contribution in [0.5, 0.6) is 0 Å². The average molecular weight is 340 g/mol. The van der Waals surface area contributed by atoms with Gasteiger partial charge in [0.1, 0.15) is 0 Å². The van der Waals surface area contributed by atoms with Crippen LogP contribution in [0.25, 0.3) is 0 Å². The van der Waals surface area contributed by atoms with E-state index in [2.05, 4.69) is 15.5 Å². The zero-order chi connectivity index (χ0) is 18.0. The summed E-state index contributed by atoms with van der Waals surface area (Å²) in [7, 11) is 0. The van der Waals surface area contributed by atoms with Crippen LogP contribution in [-0.2, 0) is 16.0 Å². The molecule has 1 aromatic heterocycles. The van der Waals surface area contributed by atoms with Crippen LogP contribution < -0.4 is 10.2 Å². The van der Waals surface area contributed by atoms with Crippen LogP contribution >= 0.6 is 0 Å². The van der Waals surface area contributed by atoms with Crippen molar-refractivity contribution < 1.29 is 9.59 Å². The lowest BCUT2D eigenvalue weighted by atomic mass is 10.1. The minimum absolute atomic E-state index is 0.0383. The second kappa shape index (κ2) is 7.09. The van der Waals surface area contributed by atoms with Gasteiger partial charge in [0.2, 0.25) is 11.8 Å². The van der Waals surface area contributed by atoms with Crippen molar-refractivity contribution in [3.63, 3.8) is 0 Å². The molecule has 3 rings (SSSR count). The molecular weight excluding hydrogens is 316 g/mol. The molecule has 2 aromatic rings. The second-order valence-electron chi connectivity index (χ2n) is 6.73. The molecule has 6 nitrogen and oxygen atoms in total. The molecule has 1 aromatic carbocycles. The minimum Gasteiger partial charge on any atom is -0.351 e. The molecule has 0 aliphatic carbocycles. The third-order valence-corrected chi connectivity index (χ3v) is 4.78. The number of hydrogen-bond acceptors (Lipinski definition) is 3. The summed E-state index contributed by atoms with van der Waals surface area (Å²) in [6.45, 7) is 6.51. The van der Waals surface area contributed by atoms with Crippen molar-refractivity contribution in [3.8, 4) is 0 Å². The van der Waals surface area contributed by atoms with Crippen molar-refractivity contribution in [1.82, 2.24) is 15.5 Å². The number of carbonyl (C=O) groups excluding carboxylic acids is 2. The second-order valence-corrected chi connectivity index (χ2v) is 6.73. The summed E-state index contributed by atoms with van der Waals surface area (Å²) in [6.07, 6.45) is 1.32. The summed E-state index contributed by atoms with van der Waals surface area (Å²) in [6, 6.07) is 7.73. The molecule has 132 valence electrons. The van der Waals surface area contributed by atoms with Gasteiger partial charge in [-0.1, -0.05) is 17.7 Å². The normalized spacial score (nSPS) is 17.2. The van der Waals surface area contributed by atoms with Gasteiger partial charge >= 0.3 is 0 Å². The molecular formula is C19H24N4O2. The molecule has 2 heterocycles. The Hall–Kier alpha value is -2.63. The van der Waals surface area contributed by atoms with E-state index < -0.39 is 0 Å². The summed E-state index contributed by atoms with van der Waals surface area (Å²) in [5.41, 5.74) is 5.11. The van der Waals surface area contributed by atoms with Gasteiger partial charge in [-0.3, -0.25) is 14.7 Å². The number of nitrogens with zero attached hydrogens (tertiary/aromatic N) is 2. The Morgan fingerprint density at radius 1 is 1.28 bits per heavy atom. The molecule has 6 heteroatoms. The van der Waals surface area contributed by atoms with Gasteiger partial charge in [-0.15, -0.1) is 0 Å². The molecule has 2 amide bonds. The Labute approximate surface area is 147 Å². The predicted octanol–water partition coefficient (Wildman–Crippen LogP) is 2.19. The van der Waals surface area contributed by atoms with Crippen molar-refractivity contribution >= 4 is 17.5 Å². The number of anilines is 1. The highest BCUT2D eigenvalue weighted by Crippen LogP contribution is 2.22. The molecule has 1 aliphatic rings. The number of aromatic nitrogens is 2. The van der Waals surface area contributed by atoms with Crippen molar-refractivity contribution in [2.24, 2.45) is 0 Å². The van der Waals surface area contributed by atoms with Gasteiger partial charge in [-0.2, -0.15) is 5.10 Å². The first-order chi connectivity index (χ1) is 11.9. The van der Waals surface area contributed by atoms with Crippen LogP contribution in [0.2, 0.25) is 0 Å². The van der Waals surface area contributed by atoms with E-state index >= 15 is 0 Å². The highest BCUT2D eigenvalue weighted by Gasteiger charge is 2.31. The van der Waals surface area contributed by atoms with E-state index in [1.807, 2.05) is 45.0 Å². The van der Waals surface area contributed by atoms with Gasteiger partial charge in [-0.25, -0.2) is 0 Å². The Morgan fingerprint density at radius 3 is 2.64 bits per heavy atom. The molecule has 0 spiro atoms. The molecule has 1 atom stereocenters. The fourth-order valence-electron chi connectivity index (χ4n) is 3.09. The number of aromatic amines is 1. The van der Waals surface area contributed by atoms with Crippen LogP contribution in [0.3, 0.4) is 0 Å². The van der Waals surface area contributed by atoms with Crippen molar-refractivity contribution in [2.75, 3.05) is 11.4 Å². The van der Waals surface area contributed by atoms with Crippen LogP contribution in [0.4, 0.5) is 5.69 Å². The monoisotopic (exact) mass is 340 g/mol. The molecule has 1 aliphatic heterocycles. The maximum absolute atomic E-state index is 12.2. The number of H-pyrrole nitrogens is 1. The van der Waals surface area contributed by atoms with Gasteiger partial charge in [-0.05, 0) is 38.5 Å². The fraction of sp³-hybridized carbons (Fsp3) is 0.421. The van der Waals surface area contributed by atoms with Crippen LogP contribution in [-0.4, -0.2) is 34.6 Å². The maximum Gasteiger partial charge on any atom is 0.229 e. The van der Waals surface area contributed by atoms with Gasteiger partial charge in [0.15, 0.2) is 0 Å². The molecule has 25 heavy (non-hydrogen) atoms. The van der Waals surface area contributed by atoms with E-state index in [1.165, 1.54) is 0 Å². The van der Waals surface area contributed by atoms with Crippen LogP contribution in [0.15, 0.2) is 24.3 Å². The van der Waals surface area contributed by atoms with E-state index in [4.69, 9.17) is 0 Å². The van der Waals surface area contributed by atoms with Crippen molar-refractivity contribution in [3.05, 3.63) is 46.8 Å². The SMILES string of the molecule is Cc1ccc(N2C[C@H](NC(=O)CCc3n[nH]c(C)c3C)CC2=O)cc1. The molecule has 0 bridgehead atoms. The largest absolute Gasteiger partial charge is 0.351 e. The van der Waals surface area contributed by atoms with Gasteiger partial charge < -0.3 is 10.2 Å². The van der Waals surface area contributed by atoms with E-state index in [0.717, 1.165) is 28.2 Å². The maximum atomic E-state index is 12.2. The van der Waals surface area contributed by atoms with Crippen molar-refractivity contribution in [2.45, 2.75) is 46.1 Å². The molecule has 2 N–H and O–H groups in total. The van der Waals surface area contributed by atoms with E-state index in [0.29, 0.717) is 25.8 Å². The molecule has 1 fully saturated rings. The van der Waals surface area contributed by atoms with Crippen LogP contribution in [0.1, 0.15) is 35.4 Å². The lowest BCUT2D eigenvalue weighted by Gasteiger charge is -2.17. The number of hydrogen-bond donors (Lipinski definition) is 2. The Balaban J connectivity index is 1.53. The number of rotatable bonds is 5.